The Kier molecular flexibility index (Phi) is 3.39. The molecular weight excluding hydrogens is 273 g/mol. The van der Waals surface area contributed by atoms with Crippen molar-refractivity contribution >= 4 is 11.8 Å². The normalized spacial score (nSPS) is 11.4. The molecule has 0 bridgehead atoms. The Balaban J connectivity index is 2.36. The number of nitrogen functional groups attached to an aromatic ring is 2. The molecular formula is C12H11F3N4O. The quantitative estimate of drug-likeness (QED) is 0.884. The molecule has 1 aromatic heterocycles. The van der Waals surface area contributed by atoms with Gasteiger partial charge in [0.2, 0.25) is 5.95 Å². The van der Waals surface area contributed by atoms with E-state index in [0.29, 0.717) is 16.8 Å². The molecule has 4 N–H and O–H groups in total. The van der Waals surface area contributed by atoms with E-state index in [1.54, 1.807) is 6.92 Å². The van der Waals surface area contributed by atoms with Crippen LogP contribution in [0.5, 0.6) is 5.75 Å². The van der Waals surface area contributed by atoms with Crippen LogP contribution in [0.15, 0.2) is 24.3 Å². The SMILES string of the molecule is Cc1c(N)nc(N)nc1-c1ccc(OC(F)(F)F)cc1. The van der Waals surface area contributed by atoms with Gasteiger partial charge in [-0.1, -0.05) is 0 Å². The van der Waals surface area contributed by atoms with Gasteiger partial charge in [-0.25, -0.2) is 4.98 Å². The van der Waals surface area contributed by atoms with Gasteiger partial charge in [-0.3, -0.25) is 0 Å². The van der Waals surface area contributed by atoms with Crippen LogP contribution in [-0.4, -0.2) is 16.3 Å². The minimum Gasteiger partial charge on any atom is -0.406 e. The summed E-state index contributed by atoms with van der Waals surface area (Å²) in [5.74, 6) is -0.0873. The van der Waals surface area contributed by atoms with Gasteiger partial charge in [0.1, 0.15) is 11.6 Å². The van der Waals surface area contributed by atoms with Crippen molar-refractivity contribution in [2.24, 2.45) is 0 Å². The Bertz CT molecular complexity index is 626. The highest BCUT2D eigenvalue weighted by atomic mass is 19.4. The third-order valence-electron chi connectivity index (χ3n) is 2.56. The number of ether oxygens (including phenoxy) is 1. The summed E-state index contributed by atoms with van der Waals surface area (Å²) in [6.45, 7) is 1.70. The Morgan fingerprint density at radius 2 is 1.65 bits per heavy atom. The summed E-state index contributed by atoms with van der Waals surface area (Å²) in [5.41, 5.74) is 12.8. The fraction of sp³-hybridized carbons (Fsp3) is 0.167. The number of nitrogens with zero attached hydrogens (tertiary/aromatic N) is 2. The van der Waals surface area contributed by atoms with Crippen LogP contribution in [0.1, 0.15) is 5.56 Å². The zero-order valence-corrected chi connectivity index (χ0v) is 10.4. The molecule has 0 aliphatic carbocycles. The number of alkyl halides is 3. The molecule has 5 nitrogen and oxygen atoms in total. The molecule has 0 aliphatic rings. The van der Waals surface area contributed by atoms with E-state index in [1.165, 1.54) is 24.3 Å². The van der Waals surface area contributed by atoms with E-state index >= 15 is 0 Å². The van der Waals surface area contributed by atoms with Gasteiger partial charge in [0.25, 0.3) is 0 Å². The summed E-state index contributed by atoms with van der Waals surface area (Å²) >= 11 is 0. The number of aromatic nitrogens is 2. The first-order valence-corrected chi connectivity index (χ1v) is 5.52. The minimum absolute atomic E-state index is 0.00119. The van der Waals surface area contributed by atoms with Crippen molar-refractivity contribution in [1.82, 2.24) is 9.97 Å². The highest BCUT2D eigenvalue weighted by molar-refractivity contribution is 5.69. The van der Waals surface area contributed by atoms with Crippen molar-refractivity contribution in [2.45, 2.75) is 13.3 Å². The van der Waals surface area contributed by atoms with Crippen molar-refractivity contribution < 1.29 is 17.9 Å². The molecule has 0 radical (unpaired) electrons. The largest absolute Gasteiger partial charge is 0.573 e. The number of benzene rings is 1. The average Bonchev–Trinajstić information content (AvgIpc) is 2.33. The summed E-state index contributed by atoms with van der Waals surface area (Å²) in [6.07, 6.45) is -4.72. The van der Waals surface area contributed by atoms with Gasteiger partial charge in [-0.15, -0.1) is 13.2 Å². The first-order valence-electron chi connectivity index (χ1n) is 5.52. The molecule has 0 aliphatic heterocycles. The number of hydrogen-bond donors (Lipinski definition) is 2. The molecule has 0 saturated carbocycles. The van der Waals surface area contributed by atoms with Crippen molar-refractivity contribution in [3.8, 4) is 17.0 Å². The number of halogens is 3. The van der Waals surface area contributed by atoms with E-state index in [-0.39, 0.29) is 17.5 Å². The number of anilines is 2. The van der Waals surface area contributed by atoms with E-state index < -0.39 is 6.36 Å². The number of rotatable bonds is 2. The van der Waals surface area contributed by atoms with Crippen LogP contribution in [0.25, 0.3) is 11.3 Å². The second-order valence-electron chi connectivity index (χ2n) is 4.01. The average molecular weight is 284 g/mol. The molecule has 106 valence electrons. The summed E-state index contributed by atoms with van der Waals surface area (Å²) in [5, 5.41) is 0. The van der Waals surface area contributed by atoms with Crippen molar-refractivity contribution in [1.29, 1.82) is 0 Å². The van der Waals surface area contributed by atoms with E-state index in [0.717, 1.165) is 0 Å². The second kappa shape index (κ2) is 4.87. The summed E-state index contributed by atoms with van der Waals surface area (Å²) < 4.78 is 40.0. The monoisotopic (exact) mass is 284 g/mol. The van der Waals surface area contributed by atoms with Crippen LogP contribution in [0, 0.1) is 6.92 Å². The summed E-state index contributed by atoms with van der Waals surface area (Å²) in [7, 11) is 0. The highest BCUT2D eigenvalue weighted by Gasteiger charge is 2.31. The van der Waals surface area contributed by atoms with Gasteiger partial charge in [-0.05, 0) is 31.2 Å². The van der Waals surface area contributed by atoms with Crippen LogP contribution < -0.4 is 16.2 Å². The van der Waals surface area contributed by atoms with Crippen molar-refractivity contribution in [3.63, 3.8) is 0 Å². The molecule has 0 atom stereocenters. The molecule has 8 heteroatoms. The highest BCUT2D eigenvalue weighted by Crippen LogP contribution is 2.28. The smallest absolute Gasteiger partial charge is 0.406 e. The standard InChI is InChI=1S/C12H11F3N4O/c1-6-9(18-11(17)19-10(6)16)7-2-4-8(5-3-7)20-12(13,14)15/h2-5H,1H3,(H4,16,17,18,19). The lowest BCUT2D eigenvalue weighted by molar-refractivity contribution is -0.274. The Morgan fingerprint density at radius 1 is 1.05 bits per heavy atom. The van der Waals surface area contributed by atoms with Crippen LogP contribution in [0.4, 0.5) is 24.9 Å². The number of nitrogens with two attached hydrogens (primary N) is 2. The predicted molar refractivity (Wildman–Crippen MR) is 67.7 cm³/mol. The topological polar surface area (TPSA) is 87.0 Å². The Labute approximate surface area is 112 Å². The molecule has 0 spiro atoms. The zero-order chi connectivity index (χ0) is 14.9. The maximum Gasteiger partial charge on any atom is 0.573 e. The first kappa shape index (κ1) is 13.9. The van der Waals surface area contributed by atoms with Gasteiger partial charge in [0.15, 0.2) is 0 Å². The maximum atomic E-state index is 12.1. The molecule has 1 aromatic carbocycles. The van der Waals surface area contributed by atoms with Gasteiger partial charge in [0.05, 0.1) is 5.69 Å². The lowest BCUT2D eigenvalue weighted by Gasteiger charge is -2.11. The van der Waals surface area contributed by atoms with E-state index in [4.69, 9.17) is 11.5 Å². The van der Waals surface area contributed by atoms with Gasteiger partial charge in [-0.2, -0.15) is 4.98 Å². The summed E-state index contributed by atoms with van der Waals surface area (Å²) in [6, 6.07) is 5.26. The lowest BCUT2D eigenvalue weighted by Crippen LogP contribution is -2.16. The lowest BCUT2D eigenvalue weighted by atomic mass is 10.1. The van der Waals surface area contributed by atoms with E-state index in [9.17, 15) is 13.2 Å². The minimum atomic E-state index is -4.72. The first-order chi connectivity index (χ1) is 9.26. The molecule has 0 unspecified atom stereocenters. The van der Waals surface area contributed by atoms with Gasteiger partial charge >= 0.3 is 6.36 Å². The number of hydrogen-bond acceptors (Lipinski definition) is 5. The van der Waals surface area contributed by atoms with Crippen LogP contribution >= 0.6 is 0 Å². The van der Waals surface area contributed by atoms with Crippen LogP contribution in [0.3, 0.4) is 0 Å². The van der Waals surface area contributed by atoms with E-state index in [2.05, 4.69) is 14.7 Å². The van der Waals surface area contributed by atoms with Crippen LogP contribution in [0.2, 0.25) is 0 Å². The molecule has 1 heterocycles. The molecule has 0 fully saturated rings. The second-order valence-corrected chi connectivity index (χ2v) is 4.01. The third-order valence-corrected chi connectivity index (χ3v) is 2.56. The van der Waals surface area contributed by atoms with Gasteiger partial charge in [0, 0.05) is 11.1 Å². The molecule has 2 rings (SSSR count). The summed E-state index contributed by atoms with van der Waals surface area (Å²) in [4.78, 5) is 7.83. The molecule has 2 aromatic rings. The fourth-order valence-electron chi connectivity index (χ4n) is 1.65. The van der Waals surface area contributed by atoms with Crippen molar-refractivity contribution in [2.75, 3.05) is 11.5 Å². The molecule has 0 amide bonds. The molecule has 0 saturated heterocycles. The third kappa shape index (κ3) is 3.08. The zero-order valence-electron chi connectivity index (χ0n) is 10.4. The fourth-order valence-corrected chi connectivity index (χ4v) is 1.65. The Hall–Kier alpha value is -2.51. The van der Waals surface area contributed by atoms with Gasteiger partial charge < -0.3 is 16.2 Å². The predicted octanol–water partition coefficient (Wildman–Crippen LogP) is 2.52. The van der Waals surface area contributed by atoms with Crippen LogP contribution in [-0.2, 0) is 0 Å². The van der Waals surface area contributed by atoms with E-state index in [1.807, 2.05) is 0 Å². The maximum absolute atomic E-state index is 12.1. The Morgan fingerprint density at radius 3 is 2.20 bits per heavy atom. The van der Waals surface area contributed by atoms with Crippen molar-refractivity contribution in [3.05, 3.63) is 29.8 Å². The molecule has 20 heavy (non-hydrogen) atoms.